The molecule has 1 aliphatic rings. The molecule has 0 spiro atoms. The van der Waals surface area contributed by atoms with Crippen LogP contribution in [0.1, 0.15) is 25.8 Å². The van der Waals surface area contributed by atoms with Crippen LogP contribution in [0.15, 0.2) is 35.2 Å². The van der Waals surface area contributed by atoms with Gasteiger partial charge in [0.2, 0.25) is 5.91 Å². The van der Waals surface area contributed by atoms with Crippen LogP contribution in [0.2, 0.25) is 0 Å². The number of carbonyl (C=O) groups is 3. The van der Waals surface area contributed by atoms with Gasteiger partial charge in [0.25, 0.3) is 11.1 Å². The molecule has 1 saturated heterocycles. The average molecular weight is 494 g/mol. The number of imide groups is 1. The number of carbonyl (C=O) groups excluding carboxylic acids is 3. The number of hydrogen-bond donors (Lipinski definition) is 1. The van der Waals surface area contributed by atoms with Crippen molar-refractivity contribution in [2.75, 3.05) is 25.1 Å². The van der Waals surface area contributed by atoms with Gasteiger partial charge in [-0.25, -0.2) is 13.2 Å². The van der Waals surface area contributed by atoms with Crippen molar-refractivity contribution in [2.45, 2.75) is 20.3 Å². The fourth-order valence-corrected chi connectivity index (χ4v) is 3.80. The number of rotatable bonds is 9. The molecular weight excluding hydrogens is 473 g/mol. The van der Waals surface area contributed by atoms with E-state index in [9.17, 15) is 27.6 Å². The van der Waals surface area contributed by atoms with E-state index in [1.165, 1.54) is 6.08 Å². The van der Waals surface area contributed by atoms with Gasteiger partial charge < -0.3 is 14.8 Å². The average Bonchev–Trinajstić information content (AvgIpc) is 3.06. The zero-order chi connectivity index (χ0) is 24.8. The van der Waals surface area contributed by atoms with Crippen LogP contribution in [0.25, 0.3) is 6.08 Å². The molecule has 180 valence electrons. The molecule has 1 aliphatic heterocycles. The topological polar surface area (TPSA) is 84.9 Å². The third-order valence-electron chi connectivity index (χ3n) is 4.51. The molecule has 3 rings (SSSR count). The number of nitrogens with zero attached hydrogens (tertiary/aromatic N) is 1. The minimum Gasteiger partial charge on any atom is -0.490 e. The number of nitrogens with one attached hydrogen (secondary N) is 1. The Bertz CT molecular complexity index is 1160. The maximum atomic E-state index is 13.8. The number of benzene rings is 2. The molecule has 7 nitrogen and oxygen atoms in total. The number of thioether (sulfide) groups is 1. The molecule has 1 fully saturated rings. The highest BCUT2D eigenvalue weighted by Crippen LogP contribution is 2.34. The van der Waals surface area contributed by atoms with E-state index in [1.54, 1.807) is 18.2 Å². The van der Waals surface area contributed by atoms with Gasteiger partial charge in [0, 0.05) is 0 Å². The normalized spacial score (nSPS) is 14.6. The Kier molecular flexibility index (Phi) is 8.21. The summed E-state index contributed by atoms with van der Waals surface area (Å²) in [6, 6.07) is 6.54. The molecule has 1 heterocycles. The molecule has 2 aromatic carbocycles. The number of anilines is 1. The molecule has 0 bridgehead atoms. The lowest BCUT2D eigenvalue weighted by Crippen LogP contribution is -2.36. The summed E-state index contributed by atoms with van der Waals surface area (Å²) in [6.07, 6.45) is 2.29. The first-order valence-corrected chi connectivity index (χ1v) is 11.1. The second kappa shape index (κ2) is 11.1. The first-order valence-electron chi connectivity index (χ1n) is 10.3. The first kappa shape index (κ1) is 25.2. The molecule has 34 heavy (non-hydrogen) atoms. The zero-order valence-corrected chi connectivity index (χ0v) is 19.1. The Balaban J connectivity index is 1.73. The zero-order valence-electron chi connectivity index (χ0n) is 18.3. The molecule has 2 aromatic rings. The van der Waals surface area contributed by atoms with Crippen molar-refractivity contribution in [1.82, 2.24) is 4.90 Å². The van der Waals surface area contributed by atoms with E-state index in [4.69, 9.17) is 9.47 Å². The van der Waals surface area contributed by atoms with Gasteiger partial charge >= 0.3 is 0 Å². The fraction of sp³-hybridized carbons (Fsp3) is 0.261. The van der Waals surface area contributed by atoms with Crippen molar-refractivity contribution in [3.63, 3.8) is 0 Å². The van der Waals surface area contributed by atoms with E-state index in [0.29, 0.717) is 53.0 Å². The van der Waals surface area contributed by atoms with Crippen LogP contribution in [0.4, 0.5) is 23.7 Å². The van der Waals surface area contributed by atoms with Crippen LogP contribution in [0.3, 0.4) is 0 Å². The number of ether oxygens (including phenoxy) is 2. The van der Waals surface area contributed by atoms with Gasteiger partial charge in [0.15, 0.2) is 29.0 Å². The van der Waals surface area contributed by atoms with Crippen LogP contribution in [0.5, 0.6) is 11.5 Å². The maximum Gasteiger partial charge on any atom is 0.294 e. The Morgan fingerprint density at radius 1 is 1.06 bits per heavy atom. The van der Waals surface area contributed by atoms with Crippen LogP contribution in [-0.4, -0.2) is 41.7 Å². The van der Waals surface area contributed by atoms with Crippen molar-refractivity contribution in [3.05, 3.63) is 58.3 Å². The molecule has 11 heteroatoms. The molecule has 0 unspecified atom stereocenters. The van der Waals surface area contributed by atoms with Crippen molar-refractivity contribution in [2.24, 2.45) is 0 Å². The minimum absolute atomic E-state index is 0.0708. The largest absolute Gasteiger partial charge is 0.490 e. The molecular formula is C23H21F3N2O5S. The standard InChI is InChI=1S/C23H21F3N2O5S/c1-3-9-33-16-8-5-13(10-17(16)32-4-2)11-18-22(30)28(23(31)34-18)12-19(29)27-15-7-6-14(24)20(25)21(15)26/h5-8,10-11H,3-4,9,12H2,1-2H3,(H,27,29)/b18-11-. The van der Waals surface area contributed by atoms with E-state index < -0.39 is 46.7 Å². The number of halogens is 3. The van der Waals surface area contributed by atoms with Crippen molar-refractivity contribution in [3.8, 4) is 11.5 Å². The van der Waals surface area contributed by atoms with E-state index in [0.717, 1.165) is 12.5 Å². The second-order valence-corrected chi connectivity index (χ2v) is 8.02. The molecule has 0 aliphatic carbocycles. The number of amides is 3. The summed E-state index contributed by atoms with van der Waals surface area (Å²) in [5.41, 5.74) is -0.0358. The fourth-order valence-electron chi connectivity index (χ4n) is 2.96. The second-order valence-electron chi connectivity index (χ2n) is 7.03. The van der Waals surface area contributed by atoms with Gasteiger partial charge in [-0.1, -0.05) is 13.0 Å². The van der Waals surface area contributed by atoms with Gasteiger partial charge in [0.05, 0.1) is 23.8 Å². The van der Waals surface area contributed by atoms with Crippen molar-refractivity contribution in [1.29, 1.82) is 0 Å². The molecule has 0 aromatic heterocycles. The summed E-state index contributed by atoms with van der Waals surface area (Å²) in [5.74, 6) is -5.39. The van der Waals surface area contributed by atoms with Crippen molar-refractivity contribution >= 4 is 40.6 Å². The highest BCUT2D eigenvalue weighted by atomic mass is 32.2. The summed E-state index contributed by atoms with van der Waals surface area (Å²) in [4.78, 5) is 37.9. The minimum atomic E-state index is -1.75. The first-order chi connectivity index (χ1) is 16.2. The SMILES string of the molecule is CCCOc1ccc(/C=C2\SC(=O)N(CC(=O)Nc3ccc(F)c(F)c3F)C2=O)cc1OCC. The van der Waals surface area contributed by atoms with Crippen LogP contribution >= 0.6 is 11.8 Å². The van der Waals surface area contributed by atoms with E-state index in [1.807, 2.05) is 19.2 Å². The van der Waals surface area contributed by atoms with E-state index >= 15 is 0 Å². The summed E-state index contributed by atoms with van der Waals surface area (Å²) in [5, 5.41) is 1.33. The third kappa shape index (κ3) is 5.71. The van der Waals surface area contributed by atoms with E-state index in [-0.39, 0.29) is 4.91 Å². The Morgan fingerprint density at radius 3 is 2.53 bits per heavy atom. The lowest BCUT2D eigenvalue weighted by atomic mass is 10.2. The van der Waals surface area contributed by atoms with Gasteiger partial charge in [-0.15, -0.1) is 0 Å². The van der Waals surface area contributed by atoms with E-state index in [2.05, 4.69) is 0 Å². The molecule has 1 N–H and O–H groups in total. The smallest absolute Gasteiger partial charge is 0.294 e. The summed E-state index contributed by atoms with van der Waals surface area (Å²) >= 11 is 0.633. The summed E-state index contributed by atoms with van der Waals surface area (Å²) in [7, 11) is 0. The summed E-state index contributed by atoms with van der Waals surface area (Å²) < 4.78 is 51.4. The van der Waals surface area contributed by atoms with Gasteiger partial charge in [-0.3, -0.25) is 19.3 Å². The van der Waals surface area contributed by atoms with Gasteiger partial charge in [0.1, 0.15) is 6.54 Å². The predicted molar refractivity (Wildman–Crippen MR) is 121 cm³/mol. The highest BCUT2D eigenvalue weighted by Gasteiger charge is 2.36. The lowest BCUT2D eigenvalue weighted by molar-refractivity contribution is -0.127. The Hall–Kier alpha value is -3.47. The number of hydrogen-bond acceptors (Lipinski definition) is 6. The Morgan fingerprint density at radius 2 is 1.82 bits per heavy atom. The quantitative estimate of drug-likeness (QED) is 0.392. The molecule has 0 radical (unpaired) electrons. The van der Waals surface area contributed by atoms with Crippen LogP contribution in [0, 0.1) is 17.5 Å². The third-order valence-corrected chi connectivity index (χ3v) is 5.42. The molecule has 0 saturated carbocycles. The Labute approximate surface area is 197 Å². The van der Waals surface area contributed by atoms with Gasteiger partial charge in [-0.05, 0) is 61.0 Å². The monoisotopic (exact) mass is 494 g/mol. The predicted octanol–water partition coefficient (Wildman–Crippen LogP) is 4.97. The highest BCUT2D eigenvalue weighted by molar-refractivity contribution is 8.18. The molecule has 3 amide bonds. The molecule has 0 atom stereocenters. The van der Waals surface area contributed by atoms with Gasteiger partial charge in [-0.2, -0.15) is 0 Å². The lowest BCUT2D eigenvalue weighted by Gasteiger charge is -2.13. The van der Waals surface area contributed by atoms with Crippen LogP contribution in [-0.2, 0) is 9.59 Å². The van der Waals surface area contributed by atoms with Crippen molar-refractivity contribution < 1.29 is 37.0 Å². The summed E-state index contributed by atoms with van der Waals surface area (Å²) in [6.45, 7) is 3.97. The van der Waals surface area contributed by atoms with Crippen LogP contribution < -0.4 is 14.8 Å². The maximum absolute atomic E-state index is 13.8.